The summed E-state index contributed by atoms with van der Waals surface area (Å²) in [4.78, 5) is 2.37. The number of nitrogens with zero attached hydrogens (tertiary/aromatic N) is 1. The van der Waals surface area contributed by atoms with Gasteiger partial charge < -0.3 is 10.6 Å². The molecule has 0 saturated carbocycles. The van der Waals surface area contributed by atoms with E-state index in [1.54, 1.807) is 0 Å². The molecule has 0 aromatic heterocycles. The highest BCUT2D eigenvalue weighted by atomic mass is 15.1. The zero-order chi connectivity index (χ0) is 17.9. The summed E-state index contributed by atoms with van der Waals surface area (Å²) in [6, 6.07) is 0.302. The van der Waals surface area contributed by atoms with Crippen molar-refractivity contribution >= 4 is 0 Å². The first-order valence-electron chi connectivity index (χ1n) is 11.1. The average Bonchev–Trinajstić information content (AvgIpc) is 2.53. The van der Waals surface area contributed by atoms with Gasteiger partial charge in [0.15, 0.2) is 0 Å². The molecule has 0 bridgehead atoms. The number of likely N-dealkylation sites (N-methyl/N-ethyl adjacent to an activating group) is 1. The van der Waals surface area contributed by atoms with Crippen LogP contribution in [0, 0.1) is 0 Å². The number of nitrogens with two attached hydrogens (primary N) is 1. The Bertz CT molecular complexity index is 228. The van der Waals surface area contributed by atoms with E-state index in [-0.39, 0.29) is 0 Å². The van der Waals surface area contributed by atoms with Crippen molar-refractivity contribution in [1.82, 2.24) is 4.90 Å². The predicted octanol–water partition coefficient (Wildman–Crippen LogP) is 6.53. The van der Waals surface area contributed by atoms with E-state index in [9.17, 15) is 0 Å². The summed E-state index contributed by atoms with van der Waals surface area (Å²) < 4.78 is 0. The molecule has 0 saturated heterocycles. The first kappa shape index (κ1) is 23.9. The maximum atomic E-state index is 5.81. The van der Waals surface area contributed by atoms with Crippen LogP contribution >= 0.6 is 0 Å². The monoisotopic (exact) mass is 340 g/mol. The summed E-state index contributed by atoms with van der Waals surface area (Å²) in [6.45, 7) is 6.62. The minimum Gasteiger partial charge on any atom is -0.327 e. The van der Waals surface area contributed by atoms with E-state index in [1.165, 1.54) is 109 Å². The van der Waals surface area contributed by atoms with E-state index >= 15 is 0 Å². The Morgan fingerprint density at radius 3 is 1.29 bits per heavy atom. The van der Waals surface area contributed by atoms with Crippen LogP contribution in [-0.4, -0.2) is 31.1 Å². The summed E-state index contributed by atoms with van der Waals surface area (Å²) in [5.74, 6) is 0. The maximum absolute atomic E-state index is 5.81. The van der Waals surface area contributed by atoms with Crippen LogP contribution in [0.25, 0.3) is 0 Å². The molecule has 1 atom stereocenters. The van der Waals surface area contributed by atoms with E-state index in [1.807, 2.05) is 0 Å². The first-order chi connectivity index (χ1) is 11.7. The topological polar surface area (TPSA) is 29.3 Å². The fourth-order valence-corrected chi connectivity index (χ4v) is 3.51. The molecule has 24 heavy (non-hydrogen) atoms. The third-order valence-corrected chi connectivity index (χ3v) is 4.99. The van der Waals surface area contributed by atoms with Gasteiger partial charge in [0.2, 0.25) is 0 Å². The van der Waals surface area contributed by atoms with Gasteiger partial charge in [0.1, 0.15) is 0 Å². The van der Waals surface area contributed by atoms with E-state index in [2.05, 4.69) is 25.8 Å². The number of unbranched alkanes of at least 4 members (excludes halogenated alkanes) is 15. The molecule has 0 aliphatic carbocycles. The van der Waals surface area contributed by atoms with Gasteiger partial charge in [-0.15, -0.1) is 0 Å². The van der Waals surface area contributed by atoms with Gasteiger partial charge in [-0.3, -0.25) is 0 Å². The highest BCUT2D eigenvalue weighted by Crippen LogP contribution is 2.13. The van der Waals surface area contributed by atoms with Crippen molar-refractivity contribution in [1.29, 1.82) is 0 Å². The quantitative estimate of drug-likeness (QED) is 0.271. The third-order valence-electron chi connectivity index (χ3n) is 4.99. The average molecular weight is 341 g/mol. The highest BCUT2D eigenvalue weighted by Gasteiger charge is 2.01. The standard InChI is InChI=1S/C22H48N2/c1-4-5-6-7-8-9-10-11-12-13-14-15-16-17-18-19-20-24(3)21-22(2)23/h22H,4-21,23H2,1-3H3. The van der Waals surface area contributed by atoms with Crippen LogP contribution in [0.3, 0.4) is 0 Å². The molecule has 0 radical (unpaired) electrons. The van der Waals surface area contributed by atoms with E-state index in [0.717, 1.165) is 6.54 Å². The minimum absolute atomic E-state index is 0.302. The van der Waals surface area contributed by atoms with Crippen molar-refractivity contribution < 1.29 is 0 Å². The number of hydrogen-bond acceptors (Lipinski definition) is 2. The minimum atomic E-state index is 0.302. The van der Waals surface area contributed by atoms with Crippen molar-refractivity contribution in [2.75, 3.05) is 20.1 Å². The predicted molar refractivity (Wildman–Crippen MR) is 111 cm³/mol. The molecule has 0 heterocycles. The molecule has 0 aromatic carbocycles. The second-order valence-corrected chi connectivity index (χ2v) is 8.04. The van der Waals surface area contributed by atoms with Crippen LogP contribution in [0.1, 0.15) is 117 Å². The van der Waals surface area contributed by atoms with Gasteiger partial charge in [-0.25, -0.2) is 0 Å². The zero-order valence-corrected chi connectivity index (χ0v) is 17.3. The molecule has 0 spiro atoms. The van der Waals surface area contributed by atoms with E-state index in [0.29, 0.717) is 6.04 Å². The van der Waals surface area contributed by atoms with Crippen LogP contribution in [0.15, 0.2) is 0 Å². The summed E-state index contributed by atoms with van der Waals surface area (Å²) in [7, 11) is 2.19. The molecule has 0 aliphatic rings. The molecule has 2 N–H and O–H groups in total. The fraction of sp³-hybridized carbons (Fsp3) is 1.00. The highest BCUT2D eigenvalue weighted by molar-refractivity contribution is 4.60. The van der Waals surface area contributed by atoms with Crippen LogP contribution < -0.4 is 5.73 Å². The van der Waals surface area contributed by atoms with Crippen molar-refractivity contribution in [3.63, 3.8) is 0 Å². The lowest BCUT2D eigenvalue weighted by atomic mass is 10.0. The summed E-state index contributed by atoms with van der Waals surface area (Å²) >= 11 is 0. The molecule has 0 rings (SSSR count). The lowest BCUT2D eigenvalue weighted by Gasteiger charge is -2.18. The van der Waals surface area contributed by atoms with Crippen molar-refractivity contribution in [2.24, 2.45) is 5.73 Å². The Balaban J connectivity index is 3.05. The first-order valence-corrected chi connectivity index (χ1v) is 11.1. The Kier molecular flexibility index (Phi) is 19.2. The smallest absolute Gasteiger partial charge is 0.0139 e. The Labute approximate surface area is 154 Å². The molecular formula is C22H48N2. The molecule has 0 aliphatic heterocycles. The SMILES string of the molecule is CCCCCCCCCCCCCCCCCCN(C)CC(C)N. The Hall–Kier alpha value is -0.0800. The lowest BCUT2D eigenvalue weighted by Crippen LogP contribution is -2.33. The third kappa shape index (κ3) is 20.0. The lowest BCUT2D eigenvalue weighted by molar-refractivity contribution is 0.308. The second-order valence-electron chi connectivity index (χ2n) is 8.04. The van der Waals surface area contributed by atoms with Gasteiger partial charge in [0, 0.05) is 12.6 Å². The Morgan fingerprint density at radius 2 is 0.958 bits per heavy atom. The molecular weight excluding hydrogens is 292 g/mol. The van der Waals surface area contributed by atoms with Crippen LogP contribution in [0.5, 0.6) is 0 Å². The number of hydrogen-bond donors (Lipinski definition) is 1. The van der Waals surface area contributed by atoms with E-state index < -0.39 is 0 Å². The maximum Gasteiger partial charge on any atom is 0.0139 e. The second kappa shape index (κ2) is 19.2. The van der Waals surface area contributed by atoms with Gasteiger partial charge in [-0.05, 0) is 26.9 Å². The van der Waals surface area contributed by atoms with Crippen molar-refractivity contribution in [2.45, 2.75) is 123 Å². The van der Waals surface area contributed by atoms with E-state index in [4.69, 9.17) is 5.73 Å². The van der Waals surface area contributed by atoms with Gasteiger partial charge in [-0.1, -0.05) is 103 Å². The fourth-order valence-electron chi connectivity index (χ4n) is 3.51. The molecule has 0 amide bonds. The van der Waals surface area contributed by atoms with Crippen LogP contribution in [0.4, 0.5) is 0 Å². The molecule has 2 nitrogen and oxygen atoms in total. The van der Waals surface area contributed by atoms with Gasteiger partial charge >= 0.3 is 0 Å². The normalized spacial score (nSPS) is 12.9. The van der Waals surface area contributed by atoms with Gasteiger partial charge in [0.25, 0.3) is 0 Å². The summed E-state index contributed by atoms with van der Waals surface area (Å²) in [5.41, 5.74) is 5.81. The molecule has 146 valence electrons. The van der Waals surface area contributed by atoms with Gasteiger partial charge in [0.05, 0.1) is 0 Å². The molecule has 1 unspecified atom stereocenters. The summed E-state index contributed by atoms with van der Waals surface area (Å²) in [6.07, 6.45) is 23.0. The summed E-state index contributed by atoms with van der Waals surface area (Å²) in [5, 5.41) is 0. The van der Waals surface area contributed by atoms with Gasteiger partial charge in [-0.2, -0.15) is 0 Å². The largest absolute Gasteiger partial charge is 0.327 e. The zero-order valence-electron chi connectivity index (χ0n) is 17.3. The Morgan fingerprint density at radius 1 is 0.625 bits per heavy atom. The van der Waals surface area contributed by atoms with Crippen molar-refractivity contribution in [3.05, 3.63) is 0 Å². The number of rotatable bonds is 19. The molecule has 0 fully saturated rings. The van der Waals surface area contributed by atoms with Crippen molar-refractivity contribution in [3.8, 4) is 0 Å². The van der Waals surface area contributed by atoms with Crippen LogP contribution in [0.2, 0.25) is 0 Å². The molecule has 2 heteroatoms. The van der Waals surface area contributed by atoms with Crippen LogP contribution in [-0.2, 0) is 0 Å². The molecule has 0 aromatic rings.